The molecule has 0 atom stereocenters. The largest absolute Gasteiger partial charge is 0.321 e. The average molecular weight is 362 g/mol. The molecule has 6 nitrogen and oxygen atoms in total. The molecule has 3 aromatic rings. The second-order valence-corrected chi connectivity index (χ2v) is 5.90. The van der Waals surface area contributed by atoms with Crippen molar-refractivity contribution < 1.29 is 16.4 Å². The van der Waals surface area contributed by atoms with Crippen molar-refractivity contribution in [3.8, 4) is 11.1 Å². The second kappa shape index (κ2) is 7.38. The number of alkyl halides is 1. The fourth-order valence-corrected chi connectivity index (χ4v) is 2.27. The molecule has 1 amide bonds. The first kappa shape index (κ1) is 17.7. The summed E-state index contributed by atoms with van der Waals surface area (Å²) in [6.07, 6.45) is 5.79. The molecule has 138 valence electrons. The van der Waals surface area contributed by atoms with Crippen LogP contribution in [0.15, 0.2) is 35.5 Å². The van der Waals surface area contributed by atoms with Crippen LogP contribution in [0, 0.1) is 12.7 Å². The molecule has 26 heavy (non-hydrogen) atoms. The summed E-state index contributed by atoms with van der Waals surface area (Å²) < 4.78 is 24.7. The minimum absolute atomic E-state index is 0. The first-order chi connectivity index (χ1) is 12.5. The third kappa shape index (κ3) is 3.90. The van der Waals surface area contributed by atoms with Gasteiger partial charge in [0.2, 0.25) is 6.41 Å². The van der Waals surface area contributed by atoms with Crippen LogP contribution in [0.2, 0.25) is 0 Å². The van der Waals surface area contributed by atoms with Crippen molar-refractivity contribution in [3.63, 3.8) is 0 Å². The number of pyridine rings is 3. The number of rotatable bonds is 3. The van der Waals surface area contributed by atoms with Crippen molar-refractivity contribution in [1.82, 2.24) is 15.0 Å². The topological polar surface area (TPSA) is 87.7 Å². The SMILES string of the molecule is Cc1c(F)cncc1-c1cc2cnc(NC=O)cc2[nH]c1=O.FC1CC1.[HH].[HH]. The Morgan fingerprint density at radius 1 is 1.27 bits per heavy atom. The summed E-state index contributed by atoms with van der Waals surface area (Å²) in [5.74, 6) is -0.143. The number of hydrogen-bond donors (Lipinski definition) is 2. The van der Waals surface area contributed by atoms with Gasteiger partial charge in [0, 0.05) is 37.8 Å². The number of aromatic nitrogens is 3. The highest BCUT2D eigenvalue weighted by Gasteiger charge is 2.18. The number of amides is 1. The average Bonchev–Trinajstić information content (AvgIpc) is 3.40. The van der Waals surface area contributed by atoms with E-state index in [0.717, 1.165) is 19.0 Å². The lowest BCUT2D eigenvalue weighted by Gasteiger charge is -2.07. The smallest absolute Gasteiger partial charge is 0.256 e. The Labute approximate surface area is 150 Å². The van der Waals surface area contributed by atoms with Gasteiger partial charge in [-0.25, -0.2) is 13.8 Å². The first-order valence-corrected chi connectivity index (χ1v) is 7.97. The molecule has 0 bridgehead atoms. The van der Waals surface area contributed by atoms with Crippen molar-refractivity contribution in [1.29, 1.82) is 0 Å². The van der Waals surface area contributed by atoms with E-state index in [4.69, 9.17) is 0 Å². The number of halogens is 2. The number of carbonyl (C=O) groups is 1. The number of fused-ring (bicyclic) bond motifs is 1. The number of hydrogen-bond acceptors (Lipinski definition) is 4. The molecule has 0 aromatic carbocycles. The van der Waals surface area contributed by atoms with Crippen molar-refractivity contribution in [2.45, 2.75) is 25.9 Å². The number of anilines is 1. The Kier molecular flexibility index (Phi) is 5.01. The number of aromatic amines is 1. The van der Waals surface area contributed by atoms with E-state index in [-0.39, 0.29) is 8.41 Å². The minimum atomic E-state index is -0.472. The zero-order chi connectivity index (χ0) is 18.7. The maximum Gasteiger partial charge on any atom is 0.256 e. The van der Waals surface area contributed by atoms with Gasteiger partial charge in [-0.1, -0.05) is 0 Å². The quantitative estimate of drug-likeness (QED) is 0.697. The van der Waals surface area contributed by atoms with E-state index in [1.54, 1.807) is 19.1 Å². The molecular weight excluding hydrogens is 342 g/mol. The van der Waals surface area contributed by atoms with E-state index in [0.29, 0.717) is 39.8 Å². The van der Waals surface area contributed by atoms with Crippen LogP contribution in [0.4, 0.5) is 14.6 Å². The molecule has 3 aromatic heterocycles. The summed E-state index contributed by atoms with van der Waals surface area (Å²) >= 11 is 0. The zero-order valence-corrected chi connectivity index (χ0v) is 13.9. The Hall–Kier alpha value is -3.16. The maximum atomic E-state index is 13.6. The fraction of sp³-hybridized carbons (Fsp3) is 0.222. The lowest BCUT2D eigenvalue weighted by molar-refractivity contribution is -0.105. The lowest BCUT2D eigenvalue weighted by Crippen LogP contribution is -2.10. The predicted octanol–water partition coefficient (Wildman–Crippen LogP) is 3.61. The van der Waals surface area contributed by atoms with E-state index in [2.05, 4.69) is 20.3 Å². The molecule has 1 saturated carbocycles. The van der Waals surface area contributed by atoms with Gasteiger partial charge in [0.05, 0.1) is 11.7 Å². The summed E-state index contributed by atoms with van der Waals surface area (Å²) in [6.45, 7) is 1.59. The fourth-order valence-electron chi connectivity index (χ4n) is 2.27. The molecule has 1 fully saturated rings. The monoisotopic (exact) mass is 362 g/mol. The third-order valence-corrected chi connectivity index (χ3v) is 3.89. The van der Waals surface area contributed by atoms with Crippen LogP contribution in [-0.2, 0) is 4.79 Å². The molecule has 0 unspecified atom stereocenters. The van der Waals surface area contributed by atoms with E-state index in [1.165, 1.54) is 12.4 Å². The Balaban J connectivity index is 0.000000583. The minimum Gasteiger partial charge on any atom is -0.321 e. The van der Waals surface area contributed by atoms with Gasteiger partial charge in [0.1, 0.15) is 17.8 Å². The number of nitrogens with one attached hydrogen (secondary N) is 2. The summed E-state index contributed by atoms with van der Waals surface area (Å²) in [5.41, 5.74) is 1.25. The molecule has 0 aliphatic heterocycles. The Morgan fingerprint density at radius 2 is 2.00 bits per heavy atom. The predicted molar refractivity (Wildman–Crippen MR) is 98.3 cm³/mol. The molecule has 1 aliphatic rings. The van der Waals surface area contributed by atoms with Crippen LogP contribution < -0.4 is 10.9 Å². The molecule has 2 N–H and O–H groups in total. The van der Waals surface area contributed by atoms with E-state index < -0.39 is 12.0 Å². The van der Waals surface area contributed by atoms with Gasteiger partial charge < -0.3 is 10.3 Å². The van der Waals surface area contributed by atoms with E-state index in [1.807, 2.05) is 0 Å². The zero-order valence-electron chi connectivity index (χ0n) is 13.9. The van der Waals surface area contributed by atoms with Crippen molar-refractivity contribution in [3.05, 3.63) is 52.5 Å². The number of H-pyrrole nitrogens is 1. The molecular formula is C18H20F2N4O2. The molecule has 0 radical (unpaired) electrons. The molecule has 3 heterocycles. The Bertz CT molecular complexity index is 1030. The standard InChI is InChI=1S/C15H11FN4O2.C3H5F.2H2/c1-8-11(5-17-6-12(8)16)10-2-9-4-18-14(19-7-21)3-13(9)20-15(10)22;4-3-1-2-3;;/h2-7H,1H3,(H,20,22)(H,18,19,21);3H,1-2H2;2*1H. The van der Waals surface area contributed by atoms with Crippen LogP contribution in [0.25, 0.3) is 22.0 Å². The summed E-state index contributed by atoms with van der Waals surface area (Å²) in [5, 5.41) is 3.07. The molecule has 8 heteroatoms. The van der Waals surface area contributed by atoms with Gasteiger partial charge in [-0.15, -0.1) is 0 Å². The normalized spacial score (nSPS) is 13.0. The second-order valence-electron chi connectivity index (χ2n) is 5.90. The Morgan fingerprint density at radius 3 is 2.65 bits per heavy atom. The maximum absolute atomic E-state index is 13.6. The highest BCUT2D eigenvalue weighted by Crippen LogP contribution is 2.24. The molecule has 0 spiro atoms. The van der Waals surface area contributed by atoms with Gasteiger partial charge in [-0.3, -0.25) is 14.6 Å². The molecule has 4 rings (SSSR count). The van der Waals surface area contributed by atoms with Crippen LogP contribution in [0.3, 0.4) is 0 Å². The van der Waals surface area contributed by atoms with E-state index in [9.17, 15) is 18.4 Å². The van der Waals surface area contributed by atoms with Gasteiger partial charge in [0.25, 0.3) is 5.56 Å². The third-order valence-electron chi connectivity index (χ3n) is 3.89. The lowest BCUT2D eigenvalue weighted by atomic mass is 10.0. The number of carbonyl (C=O) groups excluding carboxylic acids is 1. The van der Waals surface area contributed by atoms with Crippen LogP contribution in [0.5, 0.6) is 0 Å². The van der Waals surface area contributed by atoms with Gasteiger partial charge in [-0.2, -0.15) is 0 Å². The molecule has 1 aliphatic carbocycles. The summed E-state index contributed by atoms with van der Waals surface area (Å²) in [7, 11) is 0. The van der Waals surface area contributed by atoms with Crippen molar-refractivity contribution in [2.75, 3.05) is 5.32 Å². The van der Waals surface area contributed by atoms with Crippen LogP contribution in [-0.4, -0.2) is 27.5 Å². The van der Waals surface area contributed by atoms with Gasteiger partial charge in [-0.05, 0) is 31.4 Å². The highest BCUT2D eigenvalue weighted by atomic mass is 19.1. The first-order valence-electron chi connectivity index (χ1n) is 7.97. The van der Waals surface area contributed by atoms with Gasteiger partial charge in [0.15, 0.2) is 0 Å². The van der Waals surface area contributed by atoms with Crippen molar-refractivity contribution in [2.24, 2.45) is 0 Å². The van der Waals surface area contributed by atoms with E-state index >= 15 is 0 Å². The van der Waals surface area contributed by atoms with Crippen molar-refractivity contribution >= 4 is 23.1 Å². The van der Waals surface area contributed by atoms with Crippen LogP contribution >= 0.6 is 0 Å². The summed E-state index contributed by atoms with van der Waals surface area (Å²) in [6, 6.07) is 3.17. The number of nitrogens with zero attached hydrogens (tertiary/aromatic N) is 2. The highest BCUT2D eigenvalue weighted by molar-refractivity contribution is 5.86. The molecule has 0 saturated heterocycles. The van der Waals surface area contributed by atoms with Gasteiger partial charge >= 0.3 is 0 Å². The summed E-state index contributed by atoms with van der Waals surface area (Å²) in [4.78, 5) is 33.2. The van der Waals surface area contributed by atoms with Crippen LogP contribution in [0.1, 0.15) is 21.3 Å².